The lowest BCUT2D eigenvalue weighted by Crippen LogP contribution is -2.37. The molecule has 128 valence electrons. The van der Waals surface area contributed by atoms with Gasteiger partial charge in [0.15, 0.2) is 5.16 Å². The van der Waals surface area contributed by atoms with E-state index in [-0.39, 0.29) is 5.91 Å². The van der Waals surface area contributed by atoms with Gasteiger partial charge in [0.2, 0.25) is 5.91 Å². The third kappa shape index (κ3) is 5.68. The van der Waals surface area contributed by atoms with Gasteiger partial charge in [-0.2, -0.15) is 0 Å². The summed E-state index contributed by atoms with van der Waals surface area (Å²) >= 11 is 1.47. The van der Waals surface area contributed by atoms with Crippen molar-refractivity contribution >= 4 is 17.7 Å². The fourth-order valence-electron chi connectivity index (χ4n) is 2.90. The smallest absolute Gasteiger partial charge is 0.230 e. The summed E-state index contributed by atoms with van der Waals surface area (Å²) in [5.41, 5.74) is 0. The number of rotatable bonds is 9. The molecule has 1 aromatic rings. The van der Waals surface area contributed by atoms with E-state index in [1.165, 1.54) is 31.0 Å². The molecule has 5 nitrogen and oxygen atoms in total. The number of amides is 1. The van der Waals surface area contributed by atoms with E-state index in [1.807, 2.05) is 6.08 Å². The predicted octanol–water partition coefficient (Wildman–Crippen LogP) is 3.35. The first kappa shape index (κ1) is 18.0. The highest BCUT2D eigenvalue weighted by Gasteiger charge is 2.17. The average Bonchev–Trinajstić information content (AvgIpc) is 2.94. The third-order valence-electron chi connectivity index (χ3n) is 4.16. The second-order valence-electron chi connectivity index (χ2n) is 6.09. The van der Waals surface area contributed by atoms with Crippen LogP contribution in [0.4, 0.5) is 0 Å². The number of hydrogen-bond donors (Lipinski definition) is 1. The van der Waals surface area contributed by atoms with Crippen LogP contribution in [-0.2, 0) is 17.8 Å². The number of aryl methyl sites for hydroxylation is 1. The van der Waals surface area contributed by atoms with E-state index < -0.39 is 0 Å². The van der Waals surface area contributed by atoms with E-state index in [1.54, 1.807) is 0 Å². The van der Waals surface area contributed by atoms with Crippen molar-refractivity contribution < 1.29 is 4.79 Å². The summed E-state index contributed by atoms with van der Waals surface area (Å²) in [5.74, 6) is 1.49. The summed E-state index contributed by atoms with van der Waals surface area (Å²) in [4.78, 5) is 12.1. The van der Waals surface area contributed by atoms with Gasteiger partial charge in [-0.25, -0.2) is 0 Å². The number of carbonyl (C=O) groups excluding carboxylic acids is 1. The van der Waals surface area contributed by atoms with Gasteiger partial charge >= 0.3 is 0 Å². The molecule has 1 saturated carbocycles. The summed E-state index contributed by atoms with van der Waals surface area (Å²) < 4.78 is 2.07. The maximum atomic E-state index is 12.1. The molecule has 0 saturated heterocycles. The highest BCUT2D eigenvalue weighted by atomic mass is 32.2. The van der Waals surface area contributed by atoms with E-state index in [0.717, 1.165) is 43.1 Å². The molecule has 0 aliphatic heterocycles. The van der Waals surface area contributed by atoms with Gasteiger partial charge in [-0.05, 0) is 19.3 Å². The average molecular weight is 337 g/mol. The molecule has 6 heteroatoms. The molecule has 0 spiro atoms. The molecule has 0 radical (unpaired) electrons. The summed E-state index contributed by atoms with van der Waals surface area (Å²) in [7, 11) is 0. The Kier molecular flexibility index (Phi) is 7.65. The van der Waals surface area contributed by atoms with Crippen LogP contribution in [-0.4, -0.2) is 32.5 Å². The fourth-order valence-corrected chi connectivity index (χ4v) is 3.68. The Morgan fingerprint density at radius 3 is 2.87 bits per heavy atom. The molecular weight excluding hydrogens is 308 g/mol. The molecule has 0 bridgehead atoms. The van der Waals surface area contributed by atoms with Crippen molar-refractivity contribution in [3.8, 4) is 0 Å². The van der Waals surface area contributed by atoms with Crippen molar-refractivity contribution in [3.05, 3.63) is 18.5 Å². The first-order valence-electron chi connectivity index (χ1n) is 8.69. The molecule has 1 amide bonds. The fraction of sp³-hybridized carbons (Fsp3) is 0.706. The Bertz CT molecular complexity index is 509. The number of hydrogen-bond acceptors (Lipinski definition) is 4. The van der Waals surface area contributed by atoms with E-state index in [9.17, 15) is 4.79 Å². The molecule has 2 rings (SSSR count). The lowest BCUT2D eigenvalue weighted by molar-refractivity contribution is -0.119. The lowest BCUT2D eigenvalue weighted by Gasteiger charge is -2.22. The predicted molar refractivity (Wildman–Crippen MR) is 94.6 cm³/mol. The quantitative estimate of drug-likeness (QED) is 0.555. The SMILES string of the molecule is C=CCn1c(CCCC)nnc1SCC(=O)NC1CCCCC1. The molecule has 0 unspecified atom stereocenters. The van der Waals surface area contributed by atoms with Crippen molar-refractivity contribution in [3.63, 3.8) is 0 Å². The van der Waals surface area contributed by atoms with Crippen LogP contribution >= 0.6 is 11.8 Å². The van der Waals surface area contributed by atoms with Gasteiger partial charge in [-0.3, -0.25) is 4.79 Å². The highest BCUT2D eigenvalue weighted by Crippen LogP contribution is 2.20. The molecule has 1 aromatic heterocycles. The molecule has 23 heavy (non-hydrogen) atoms. The van der Waals surface area contributed by atoms with Crippen LogP contribution in [0.5, 0.6) is 0 Å². The number of thioether (sulfide) groups is 1. The van der Waals surface area contributed by atoms with E-state index in [2.05, 4.69) is 33.6 Å². The van der Waals surface area contributed by atoms with Gasteiger partial charge in [0.25, 0.3) is 0 Å². The molecule has 1 N–H and O–H groups in total. The summed E-state index contributed by atoms with van der Waals surface area (Å²) in [5, 5.41) is 12.5. The lowest BCUT2D eigenvalue weighted by atomic mass is 9.95. The van der Waals surface area contributed by atoms with Gasteiger partial charge in [0.05, 0.1) is 5.75 Å². The number of nitrogens with zero attached hydrogens (tertiary/aromatic N) is 3. The van der Waals surface area contributed by atoms with Crippen LogP contribution in [0.25, 0.3) is 0 Å². The zero-order chi connectivity index (χ0) is 16.5. The summed E-state index contributed by atoms with van der Waals surface area (Å²) in [6.45, 7) is 6.66. The topological polar surface area (TPSA) is 59.8 Å². The molecule has 1 aliphatic carbocycles. The summed E-state index contributed by atoms with van der Waals surface area (Å²) in [6.07, 6.45) is 11.0. The van der Waals surface area contributed by atoms with Gasteiger partial charge < -0.3 is 9.88 Å². The summed E-state index contributed by atoms with van der Waals surface area (Å²) in [6, 6.07) is 0.364. The Labute approximate surface area is 143 Å². The van der Waals surface area contributed by atoms with Crippen molar-refractivity contribution in [2.75, 3.05) is 5.75 Å². The van der Waals surface area contributed by atoms with Crippen LogP contribution in [0.15, 0.2) is 17.8 Å². The minimum absolute atomic E-state index is 0.102. The standard InChI is InChI=1S/C17H28N4OS/c1-3-5-11-15-19-20-17(21(15)12-4-2)23-13-16(22)18-14-9-7-6-8-10-14/h4,14H,2-3,5-13H2,1H3,(H,18,22). The Hall–Kier alpha value is -1.30. The van der Waals surface area contributed by atoms with Crippen molar-refractivity contribution in [1.82, 2.24) is 20.1 Å². The van der Waals surface area contributed by atoms with Gasteiger partial charge in [-0.1, -0.05) is 50.4 Å². The third-order valence-corrected chi connectivity index (χ3v) is 5.13. The Balaban J connectivity index is 1.87. The molecule has 1 aliphatic rings. The normalized spacial score (nSPS) is 15.5. The number of carbonyl (C=O) groups is 1. The van der Waals surface area contributed by atoms with Crippen molar-refractivity contribution in [1.29, 1.82) is 0 Å². The monoisotopic (exact) mass is 336 g/mol. The Morgan fingerprint density at radius 1 is 1.39 bits per heavy atom. The maximum absolute atomic E-state index is 12.1. The zero-order valence-corrected chi connectivity index (χ0v) is 14.9. The van der Waals surface area contributed by atoms with Gasteiger partial charge in [-0.15, -0.1) is 16.8 Å². The van der Waals surface area contributed by atoms with E-state index in [4.69, 9.17) is 0 Å². The van der Waals surface area contributed by atoms with Gasteiger partial charge in [0, 0.05) is 19.0 Å². The number of unbranched alkanes of at least 4 members (excludes halogenated alkanes) is 1. The van der Waals surface area contributed by atoms with E-state index >= 15 is 0 Å². The van der Waals surface area contributed by atoms with Gasteiger partial charge in [0.1, 0.15) is 5.82 Å². The maximum Gasteiger partial charge on any atom is 0.230 e. The van der Waals surface area contributed by atoms with Crippen molar-refractivity contribution in [2.45, 2.75) is 76.0 Å². The largest absolute Gasteiger partial charge is 0.353 e. The molecular formula is C17H28N4OS. The molecule has 1 fully saturated rings. The van der Waals surface area contributed by atoms with Crippen LogP contribution < -0.4 is 5.32 Å². The van der Waals surface area contributed by atoms with Crippen molar-refractivity contribution in [2.24, 2.45) is 0 Å². The van der Waals surface area contributed by atoms with Crippen LogP contribution in [0.1, 0.15) is 57.7 Å². The minimum atomic E-state index is 0.102. The molecule has 1 heterocycles. The van der Waals surface area contributed by atoms with Crippen LogP contribution in [0.2, 0.25) is 0 Å². The van der Waals surface area contributed by atoms with Crippen LogP contribution in [0, 0.1) is 0 Å². The Morgan fingerprint density at radius 2 is 2.17 bits per heavy atom. The highest BCUT2D eigenvalue weighted by molar-refractivity contribution is 7.99. The first-order chi connectivity index (χ1) is 11.2. The zero-order valence-electron chi connectivity index (χ0n) is 14.1. The minimum Gasteiger partial charge on any atom is -0.353 e. The number of nitrogens with one attached hydrogen (secondary N) is 1. The second kappa shape index (κ2) is 9.75. The number of aromatic nitrogens is 3. The molecule has 0 atom stereocenters. The first-order valence-corrected chi connectivity index (χ1v) is 9.68. The van der Waals surface area contributed by atoms with E-state index in [0.29, 0.717) is 18.3 Å². The van der Waals surface area contributed by atoms with Crippen LogP contribution in [0.3, 0.4) is 0 Å². The molecule has 0 aromatic carbocycles. The second-order valence-corrected chi connectivity index (χ2v) is 7.04. The number of allylic oxidation sites excluding steroid dienone is 1.